The number of ether oxygens (including phenoxy) is 1. The lowest BCUT2D eigenvalue weighted by Gasteiger charge is -2.31. The molecule has 2 aromatic carbocycles. The fourth-order valence-corrected chi connectivity index (χ4v) is 6.17. The zero-order chi connectivity index (χ0) is 26.8. The lowest BCUT2D eigenvalue weighted by atomic mass is 9.73. The Morgan fingerprint density at radius 1 is 0.684 bits per heavy atom. The van der Waals surface area contributed by atoms with Crippen LogP contribution in [0.4, 0.5) is 0 Å². The first kappa shape index (κ1) is 30.3. The average Bonchev–Trinajstić information content (AvgIpc) is 2.97. The van der Waals surface area contributed by atoms with Gasteiger partial charge >= 0.3 is 0 Å². The molecule has 0 saturated heterocycles. The zero-order valence-corrected chi connectivity index (χ0v) is 24.4. The van der Waals surface area contributed by atoms with Gasteiger partial charge in [0.15, 0.2) is 0 Å². The molecule has 0 N–H and O–H groups in total. The normalized spacial score (nSPS) is 18.1. The molecule has 3 rings (SSSR count). The lowest BCUT2D eigenvalue weighted by Crippen LogP contribution is -2.20. The van der Waals surface area contributed by atoms with Gasteiger partial charge in [0.05, 0.1) is 12.7 Å². The molecule has 0 aliphatic heterocycles. The molecule has 208 valence electrons. The number of nitriles is 1. The second-order valence-corrected chi connectivity index (χ2v) is 11.7. The van der Waals surface area contributed by atoms with Crippen LogP contribution in [0, 0.1) is 23.2 Å². The van der Waals surface area contributed by atoms with Crippen molar-refractivity contribution in [2.24, 2.45) is 11.8 Å². The van der Waals surface area contributed by atoms with E-state index in [2.05, 4.69) is 68.4 Å². The highest BCUT2D eigenvalue weighted by atomic mass is 16.5. The van der Waals surface area contributed by atoms with Crippen LogP contribution in [0.15, 0.2) is 48.5 Å². The molecule has 0 aromatic heterocycles. The summed E-state index contributed by atoms with van der Waals surface area (Å²) < 4.78 is 5.97. The Morgan fingerprint density at radius 3 is 1.79 bits per heavy atom. The lowest BCUT2D eigenvalue weighted by molar-refractivity contribution is 0.256. The number of hydrogen-bond donors (Lipinski definition) is 0. The highest BCUT2D eigenvalue weighted by molar-refractivity contribution is 5.64. The maximum Gasteiger partial charge on any atom is 0.119 e. The fourth-order valence-electron chi connectivity index (χ4n) is 6.17. The quantitative estimate of drug-likeness (QED) is 0.185. The third kappa shape index (κ3) is 10.5. The molecule has 0 heterocycles. The van der Waals surface area contributed by atoms with E-state index >= 15 is 0 Å². The van der Waals surface area contributed by atoms with Crippen molar-refractivity contribution in [3.05, 3.63) is 54.1 Å². The minimum atomic E-state index is 0.266. The Balaban J connectivity index is 1.38. The first-order chi connectivity index (χ1) is 18.7. The molecule has 0 amide bonds. The topological polar surface area (TPSA) is 33.0 Å². The monoisotopic (exact) mass is 515 g/mol. The van der Waals surface area contributed by atoms with Crippen molar-refractivity contribution in [3.8, 4) is 22.9 Å². The fraction of sp³-hybridized carbons (Fsp3) is 0.639. The second kappa shape index (κ2) is 18.1. The highest BCUT2D eigenvalue weighted by Gasteiger charge is 2.28. The summed E-state index contributed by atoms with van der Waals surface area (Å²) in [5.74, 6) is 2.49. The maximum atomic E-state index is 9.76. The average molecular weight is 516 g/mol. The third-order valence-electron chi connectivity index (χ3n) is 8.71. The first-order valence-electron chi connectivity index (χ1n) is 16.0. The Morgan fingerprint density at radius 2 is 1.21 bits per heavy atom. The molecular weight excluding hydrogens is 462 g/mol. The Kier molecular flexibility index (Phi) is 14.4. The molecule has 38 heavy (non-hydrogen) atoms. The van der Waals surface area contributed by atoms with Gasteiger partial charge in [-0.3, -0.25) is 0 Å². The predicted octanol–water partition coefficient (Wildman–Crippen LogP) is 11.3. The van der Waals surface area contributed by atoms with Crippen LogP contribution in [0.3, 0.4) is 0 Å². The van der Waals surface area contributed by atoms with Crippen LogP contribution in [-0.2, 0) is 0 Å². The van der Waals surface area contributed by atoms with E-state index in [4.69, 9.17) is 4.74 Å². The third-order valence-corrected chi connectivity index (χ3v) is 8.71. The van der Waals surface area contributed by atoms with Gasteiger partial charge in [-0.1, -0.05) is 121 Å². The summed E-state index contributed by atoms with van der Waals surface area (Å²) in [4.78, 5) is 0. The Bertz CT molecular complexity index is 902. The summed E-state index contributed by atoms with van der Waals surface area (Å²) in [5.41, 5.74) is 3.99. The summed E-state index contributed by atoms with van der Waals surface area (Å²) in [6.45, 7) is 5.35. The van der Waals surface area contributed by atoms with E-state index in [-0.39, 0.29) is 5.92 Å². The van der Waals surface area contributed by atoms with Crippen molar-refractivity contribution in [2.45, 2.75) is 129 Å². The summed E-state index contributed by atoms with van der Waals surface area (Å²) in [5, 5.41) is 9.76. The predicted molar refractivity (Wildman–Crippen MR) is 163 cm³/mol. The molecule has 2 aromatic rings. The van der Waals surface area contributed by atoms with E-state index in [1.54, 1.807) is 0 Å². The molecule has 1 aliphatic rings. The number of hydrogen-bond acceptors (Lipinski definition) is 2. The Labute approximate surface area is 234 Å². The van der Waals surface area contributed by atoms with Gasteiger partial charge < -0.3 is 4.74 Å². The van der Waals surface area contributed by atoms with Crippen LogP contribution in [0.5, 0.6) is 5.75 Å². The summed E-state index contributed by atoms with van der Waals surface area (Å²) in [6.07, 6.45) is 21.6. The SMILES string of the molecule is CCCCCCCCCOc1ccc(-c2ccc([C@H]3CC[C@H](C(C#N)CCCCCCC)CC3)cc2)cc1. The van der Waals surface area contributed by atoms with E-state index in [0.29, 0.717) is 11.8 Å². The number of nitrogens with zero attached hydrogens (tertiary/aromatic N) is 1. The van der Waals surface area contributed by atoms with Gasteiger partial charge in [0.1, 0.15) is 5.75 Å². The van der Waals surface area contributed by atoms with Crippen molar-refractivity contribution in [1.29, 1.82) is 5.26 Å². The number of benzene rings is 2. The molecule has 2 heteroatoms. The number of unbranched alkanes of at least 4 members (excludes halogenated alkanes) is 10. The first-order valence-corrected chi connectivity index (χ1v) is 16.0. The van der Waals surface area contributed by atoms with E-state index in [1.807, 2.05) is 0 Å². The van der Waals surface area contributed by atoms with Crippen LogP contribution in [0.2, 0.25) is 0 Å². The minimum Gasteiger partial charge on any atom is -0.494 e. The van der Waals surface area contributed by atoms with Crippen LogP contribution in [0.25, 0.3) is 11.1 Å². The molecule has 0 bridgehead atoms. The van der Waals surface area contributed by atoms with Crippen molar-refractivity contribution < 1.29 is 4.74 Å². The molecular formula is C36H53NO. The van der Waals surface area contributed by atoms with Gasteiger partial charge in [0, 0.05) is 5.92 Å². The summed E-state index contributed by atoms with van der Waals surface area (Å²) in [7, 11) is 0. The molecule has 1 unspecified atom stereocenters. The number of rotatable bonds is 18. The molecule has 1 aliphatic carbocycles. The minimum absolute atomic E-state index is 0.266. The van der Waals surface area contributed by atoms with Gasteiger partial charge in [-0.15, -0.1) is 0 Å². The molecule has 1 atom stereocenters. The van der Waals surface area contributed by atoms with Crippen molar-refractivity contribution in [3.63, 3.8) is 0 Å². The molecule has 0 radical (unpaired) electrons. The van der Waals surface area contributed by atoms with Crippen LogP contribution in [-0.4, -0.2) is 6.61 Å². The smallest absolute Gasteiger partial charge is 0.119 e. The van der Waals surface area contributed by atoms with Crippen molar-refractivity contribution in [2.75, 3.05) is 6.61 Å². The van der Waals surface area contributed by atoms with Gasteiger partial charge in [0.25, 0.3) is 0 Å². The van der Waals surface area contributed by atoms with Gasteiger partial charge in [-0.2, -0.15) is 5.26 Å². The van der Waals surface area contributed by atoms with E-state index in [0.717, 1.165) is 25.2 Å². The van der Waals surface area contributed by atoms with Crippen LogP contribution in [0.1, 0.15) is 134 Å². The maximum absolute atomic E-state index is 9.76. The standard InChI is InChI=1S/C36H53NO/c1-3-5-7-9-10-12-14-28-38-36-26-24-33(25-27-36)32-18-16-30(17-19-32)31-20-22-34(23-21-31)35(29-37)15-13-11-8-6-4-2/h16-19,24-27,31,34-35H,3-15,20-23,28H2,1-2H3/t31-,34-,35?. The highest BCUT2D eigenvalue weighted by Crippen LogP contribution is 2.40. The van der Waals surface area contributed by atoms with E-state index in [9.17, 15) is 5.26 Å². The van der Waals surface area contributed by atoms with Crippen molar-refractivity contribution >= 4 is 0 Å². The Hall–Kier alpha value is -2.27. The summed E-state index contributed by atoms with van der Waals surface area (Å²) >= 11 is 0. The largest absolute Gasteiger partial charge is 0.494 e. The molecule has 1 fully saturated rings. The van der Waals surface area contributed by atoms with Crippen LogP contribution >= 0.6 is 0 Å². The van der Waals surface area contributed by atoms with E-state index in [1.165, 1.54) is 113 Å². The van der Waals surface area contributed by atoms with Gasteiger partial charge in [-0.05, 0) is 79.2 Å². The summed E-state index contributed by atoms with van der Waals surface area (Å²) in [6, 6.07) is 20.5. The second-order valence-electron chi connectivity index (χ2n) is 11.7. The van der Waals surface area contributed by atoms with Crippen molar-refractivity contribution in [1.82, 2.24) is 0 Å². The molecule has 0 spiro atoms. The van der Waals surface area contributed by atoms with Gasteiger partial charge in [-0.25, -0.2) is 0 Å². The van der Waals surface area contributed by atoms with E-state index < -0.39 is 0 Å². The zero-order valence-electron chi connectivity index (χ0n) is 24.4. The molecule has 2 nitrogen and oxygen atoms in total. The van der Waals surface area contributed by atoms with Gasteiger partial charge in [0.2, 0.25) is 0 Å². The molecule has 1 saturated carbocycles. The van der Waals surface area contributed by atoms with Crippen LogP contribution < -0.4 is 4.74 Å².